The number of nitrogens with zero attached hydrogens (tertiary/aromatic N) is 2. The van der Waals surface area contributed by atoms with Crippen molar-refractivity contribution in [3.8, 4) is 0 Å². The van der Waals surface area contributed by atoms with Gasteiger partial charge in [-0.15, -0.1) is 0 Å². The number of halogens is 2. The van der Waals surface area contributed by atoms with Crippen LogP contribution in [0.4, 0.5) is 0 Å². The van der Waals surface area contributed by atoms with Gasteiger partial charge in [0, 0.05) is 22.6 Å². The monoisotopic (exact) mass is 403 g/mol. The molecule has 0 aliphatic heterocycles. The summed E-state index contributed by atoms with van der Waals surface area (Å²) in [6, 6.07) is 8.25. The molecule has 0 aliphatic carbocycles. The Morgan fingerprint density at radius 3 is 2.50 bits per heavy atom. The fraction of sp³-hybridized carbons (Fsp3) is 0.400. The van der Waals surface area contributed by atoms with E-state index in [0.717, 1.165) is 34.9 Å². The minimum absolute atomic E-state index is 0.0591. The van der Waals surface area contributed by atoms with Crippen molar-refractivity contribution in [1.29, 1.82) is 0 Å². The van der Waals surface area contributed by atoms with Crippen molar-refractivity contribution in [3.05, 3.63) is 49.8 Å². The number of nitrogens with two attached hydrogens (primary N) is 1. The molecule has 0 fully saturated rings. The summed E-state index contributed by atoms with van der Waals surface area (Å²) < 4.78 is 3.18. The molecule has 20 heavy (non-hydrogen) atoms. The van der Waals surface area contributed by atoms with Crippen molar-refractivity contribution in [2.24, 2.45) is 5.73 Å². The average Bonchev–Trinajstić information content (AvgIpc) is 2.76. The number of hydrogen-bond donors (Lipinski definition) is 1. The maximum Gasteiger partial charge on any atom is 0.0850 e. The number of rotatable bonds is 5. The topological polar surface area (TPSA) is 43.8 Å². The van der Waals surface area contributed by atoms with Crippen molar-refractivity contribution in [2.45, 2.75) is 39.3 Å². The Kier molecular flexibility index (Phi) is 5.46. The molecular formula is C15H19ClIN3. The molecule has 5 heteroatoms. The summed E-state index contributed by atoms with van der Waals surface area (Å²) in [5.74, 6) is 0. The van der Waals surface area contributed by atoms with Gasteiger partial charge in [-0.3, -0.25) is 4.68 Å². The summed E-state index contributed by atoms with van der Waals surface area (Å²) in [5, 5.41) is 5.31. The van der Waals surface area contributed by atoms with Crippen molar-refractivity contribution >= 4 is 34.2 Å². The van der Waals surface area contributed by atoms with E-state index in [1.54, 1.807) is 0 Å². The Balaban J connectivity index is 2.25. The Hall–Kier alpha value is -0.590. The number of aryl methyl sites for hydroxylation is 2. The molecule has 1 aromatic carbocycles. The van der Waals surface area contributed by atoms with Gasteiger partial charge in [-0.2, -0.15) is 5.10 Å². The van der Waals surface area contributed by atoms with Crippen LogP contribution in [0.15, 0.2) is 24.3 Å². The highest BCUT2D eigenvalue weighted by Gasteiger charge is 2.17. The Morgan fingerprint density at radius 1 is 1.30 bits per heavy atom. The molecule has 1 heterocycles. The zero-order valence-corrected chi connectivity index (χ0v) is 14.6. The van der Waals surface area contributed by atoms with E-state index >= 15 is 0 Å². The van der Waals surface area contributed by atoms with Crippen LogP contribution in [0, 0.1) is 3.57 Å². The van der Waals surface area contributed by atoms with E-state index in [9.17, 15) is 0 Å². The normalized spacial score (nSPS) is 12.7. The van der Waals surface area contributed by atoms with Gasteiger partial charge in [-0.25, -0.2) is 0 Å². The van der Waals surface area contributed by atoms with Crippen LogP contribution in [0.1, 0.15) is 36.8 Å². The molecule has 0 radical (unpaired) electrons. The van der Waals surface area contributed by atoms with Crippen LogP contribution in [-0.2, 0) is 19.4 Å². The van der Waals surface area contributed by atoms with Crippen LogP contribution < -0.4 is 5.73 Å². The van der Waals surface area contributed by atoms with Crippen molar-refractivity contribution in [3.63, 3.8) is 0 Å². The molecular weight excluding hydrogens is 385 g/mol. The minimum Gasteiger partial charge on any atom is -0.324 e. The van der Waals surface area contributed by atoms with E-state index in [1.165, 1.54) is 3.57 Å². The third-order valence-electron chi connectivity index (χ3n) is 3.41. The maximum atomic E-state index is 6.43. The lowest BCUT2D eigenvalue weighted by molar-refractivity contribution is 0.585. The first-order chi connectivity index (χ1) is 9.56. The van der Waals surface area contributed by atoms with Gasteiger partial charge in [0.2, 0.25) is 0 Å². The van der Waals surface area contributed by atoms with Gasteiger partial charge < -0.3 is 5.73 Å². The van der Waals surface area contributed by atoms with Gasteiger partial charge in [0.1, 0.15) is 0 Å². The van der Waals surface area contributed by atoms with E-state index < -0.39 is 0 Å². The second-order valence-electron chi connectivity index (χ2n) is 4.74. The summed E-state index contributed by atoms with van der Waals surface area (Å²) in [4.78, 5) is 0. The molecule has 1 unspecified atom stereocenters. The molecule has 1 aromatic heterocycles. The molecule has 3 nitrogen and oxygen atoms in total. The second kappa shape index (κ2) is 6.91. The standard InChI is InChI=1S/C15H19ClIN3/c1-3-13-15(16)14(20(4-2)19-13)9-12(18)10-5-7-11(17)8-6-10/h5-8,12H,3-4,9,18H2,1-2H3. The van der Waals surface area contributed by atoms with Crippen LogP contribution in [0.5, 0.6) is 0 Å². The predicted octanol–water partition coefficient (Wildman–Crippen LogP) is 3.97. The van der Waals surface area contributed by atoms with Gasteiger partial charge in [0.05, 0.1) is 16.4 Å². The first kappa shape index (κ1) is 15.8. The molecule has 2 N–H and O–H groups in total. The highest BCUT2D eigenvalue weighted by Crippen LogP contribution is 2.26. The minimum atomic E-state index is -0.0591. The van der Waals surface area contributed by atoms with Gasteiger partial charge in [-0.1, -0.05) is 30.7 Å². The number of benzene rings is 1. The zero-order valence-electron chi connectivity index (χ0n) is 11.7. The predicted molar refractivity (Wildman–Crippen MR) is 92.1 cm³/mol. The van der Waals surface area contributed by atoms with E-state index in [1.807, 2.05) is 4.68 Å². The SMILES string of the molecule is CCc1nn(CC)c(CC(N)c2ccc(I)cc2)c1Cl. The van der Waals surface area contributed by atoms with Crippen molar-refractivity contribution in [1.82, 2.24) is 9.78 Å². The van der Waals surface area contributed by atoms with Crippen LogP contribution in [0.3, 0.4) is 0 Å². The first-order valence-corrected chi connectivity index (χ1v) is 8.27. The molecule has 0 spiro atoms. The molecule has 0 saturated heterocycles. The van der Waals surface area contributed by atoms with Crippen LogP contribution in [0.25, 0.3) is 0 Å². The quantitative estimate of drug-likeness (QED) is 0.768. The van der Waals surface area contributed by atoms with Crippen molar-refractivity contribution in [2.75, 3.05) is 0 Å². The molecule has 0 saturated carbocycles. The van der Waals surface area contributed by atoms with Crippen LogP contribution in [-0.4, -0.2) is 9.78 Å². The average molecular weight is 404 g/mol. The molecule has 0 bridgehead atoms. The Morgan fingerprint density at radius 2 is 1.95 bits per heavy atom. The Labute approximate surface area is 138 Å². The third-order valence-corrected chi connectivity index (χ3v) is 4.56. The van der Waals surface area contributed by atoms with Crippen LogP contribution >= 0.6 is 34.2 Å². The fourth-order valence-corrected chi connectivity index (χ4v) is 2.95. The van der Waals surface area contributed by atoms with Crippen LogP contribution in [0.2, 0.25) is 5.02 Å². The second-order valence-corrected chi connectivity index (χ2v) is 6.36. The largest absolute Gasteiger partial charge is 0.324 e. The summed E-state index contributed by atoms with van der Waals surface area (Å²) in [6.07, 6.45) is 1.55. The number of aromatic nitrogens is 2. The molecule has 0 aliphatic rings. The summed E-state index contributed by atoms with van der Waals surface area (Å²) in [7, 11) is 0. The van der Waals surface area contributed by atoms with Crippen molar-refractivity contribution < 1.29 is 0 Å². The van der Waals surface area contributed by atoms with E-state index in [0.29, 0.717) is 6.42 Å². The fourth-order valence-electron chi connectivity index (χ4n) is 2.25. The smallest absolute Gasteiger partial charge is 0.0850 e. The highest BCUT2D eigenvalue weighted by molar-refractivity contribution is 14.1. The van der Waals surface area contributed by atoms with E-state index in [-0.39, 0.29) is 6.04 Å². The van der Waals surface area contributed by atoms with Gasteiger partial charge in [0.25, 0.3) is 0 Å². The van der Waals surface area contributed by atoms with Gasteiger partial charge in [0.15, 0.2) is 0 Å². The first-order valence-electron chi connectivity index (χ1n) is 6.81. The lowest BCUT2D eigenvalue weighted by atomic mass is 10.0. The molecule has 108 valence electrons. The molecule has 0 amide bonds. The number of hydrogen-bond acceptors (Lipinski definition) is 2. The molecule has 2 aromatic rings. The summed E-state index contributed by atoms with van der Waals surface area (Å²) in [6.45, 7) is 4.95. The molecule has 2 rings (SSSR count). The Bertz CT molecular complexity index is 578. The van der Waals surface area contributed by atoms with Gasteiger partial charge >= 0.3 is 0 Å². The highest BCUT2D eigenvalue weighted by atomic mass is 127. The van der Waals surface area contributed by atoms with E-state index in [4.69, 9.17) is 17.3 Å². The summed E-state index contributed by atoms with van der Waals surface area (Å²) >= 11 is 8.72. The maximum absolute atomic E-state index is 6.43. The molecule has 1 atom stereocenters. The van der Waals surface area contributed by atoms with E-state index in [2.05, 4.69) is 65.8 Å². The zero-order chi connectivity index (χ0) is 14.7. The third kappa shape index (κ3) is 3.35. The lowest BCUT2D eigenvalue weighted by Gasteiger charge is -2.13. The summed E-state index contributed by atoms with van der Waals surface area (Å²) in [5.41, 5.74) is 9.44. The van der Waals surface area contributed by atoms with Gasteiger partial charge in [-0.05, 0) is 53.6 Å². The lowest BCUT2D eigenvalue weighted by Crippen LogP contribution is -2.16.